The number of nitrogens with one attached hydrogen (secondary N) is 1. The van der Waals surface area contributed by atoms with Crippen LogP contribution in [0.25, 0.3) is 0 Å². The molecule has 0 bridgehead atoms. The lowest BCUT2D eigenvalue weighted by atomic mass is 9.95. The Morgan fingerprint density at radius 3 is 2.43 bits per heavy atom. The minimum atomic E-state index is -0.470. The van der Waals surface area contributed by atoms with E-state index in [-0.39, 0.29) is 12.0 Å². The number of nitrogens with zero attached hydrogens (tertiary/aromatic N) is 4. The highest BCUT2D eigenvalue weighted by atomic mass is 16.6. The number of likely N-dealkylation sites (N-methyl/N-ethyl adjacent to an activating group) is 2. The number of carbonyl (C=O) groups is 2. The molecule has 174 valence electrons. The Hall–Kier alpha value is -1.99. The fourth-order valence-electron chi connectivity index (χ4n) is 3.57. The lowest BCUT2D eigenvalue weighted by Gasteiger charge is -2.34. The van der Waals surface area contributed by atoms with E-state index in [1.54, 1.807) is 0 Å². The van der Waals surface area contributed by atoms with Crippen LogP contribution in [-0.4, -0.2) is 91.1 Å². The molecule has 1 saturated heterocycles. The highest BCUT2D eigenvalue weighted by Crippen LogP contribution is 2.21. The minimum absolute atomic E-state index is 0.105. The molecule has 0 aromatic carbocycles. The standard InChI is InChI=1S/C22H43N5O3/c1-8-23-20(25(7)17-19(28)26(9-2)10-3)24-14-13-18-12-11-15-27(16-18)21(29)30-22(4,5)6/h18H,8-17H2,1-7H3,(H,23,24). The Kier molecular flexibility index (Phi) is 11.0. The molecule has 1 unspecified atom stereocenters. The molecule has 1 aliphatic rings. The maximum atomic E-state index is 12.4. The normalized spacial score (nSPS) is 17.5. The monoisotopic (exact) mass is 425 g/mol. The lowest BCUT2D eigenvalue weighted by Crippen LogP contribution is -2.45. The first-order chi connectivity index (χ1) is 14.1. The summed E-state index contributed by atoms with van der Waals surface area (Å²) in [5.41, 5.74) is -0.470. The number of hydrogen-bond donors (Lipinski definition) is 1. The Morgan fingerprint density at radius 2 is 1.87 bits per heavy atom. The number of hydrogen-bond acceptors (Lipinski definition) is 4. The van der Waals surface area contributed by atoms with Gasteiger partial charge in [0.2, 0.25) is 5.91 Å². The molecule has 1 heterocycles. The van der Waals surface area contributed by atoms with E-state index < -0.39 is 5.60 Å². The molecule has 1 rings (SSSR count). The maximum absolute atomic E-state index is 12.4. The molecular formula is C22H43N5O3. The molecule has 1 N–H and O–H groups in total. The average Bonchev–Trinajstić information content (AvgIpc) is 2.67. The van der Waals surface area contributed by atoms with Crippen LogP contribution in [0.5, 0.6) is 0 Å². The molecule has 1 atom stereocenters. The van der Waals surface area contributed by atoms with Crippen molar-refractivity contribution in [3.63, 3.8) is 0 Å². The Bertz CT molecular complexity index is 570. The Morgan fingerprint density at radius 1 is 1.20 bits per heavy atom. The molecule has 0 saturated carbocycles. The summed E-state index contributed by atoms with van der Waals surface area (Å²) in [4.78, 5) is 35.0. The van der Waals surface area contributed by atoms with Crippen molar-refractivity contribution in [1.82, 2.24) is 20.0 Å². The van der Waals surface area contributed by atoms with Crippen molar-refractivity contribution < 1.29 is 14.3 Å². The number of rotatable bonds is 8. The predicted octanol–water partition coefficient (Wildman–Crippen LogP) is 2.79. The van der Waals surface area contributed by atoms with Crippen LogP contribution in [0.1, 0.15) is 60.8 Å². The number of likely N-dealkylation sites (tertiary alicyclic amines) is 1. The molecule has 0 aromatic rings. The third kappa shape index (κ3) is 9.22. The second-order valence-electron chi connectivity index (χ2n) is 8.88. The van der Waals surface area contributed by atoms with Crippen molar-refractivity contribution in [3.05, 3.63) is 0 Å². The third-order valence-electron chi connectivity index (χ3n) is 5.15. The van der Waals surface area contributed by atoms with Crippen LogP contribution in [-0.2, 0) is 9.53 Å². The van der Waals surface area contributed by atoms with Crippen molar-refractivity contribution in [1.29, 1.82) is 0 Å². The number of carbonyl (C=O) groups excluding carboxylic acids is 2. The van der Waals surface area contributed by atoms with E-state index in [0.717, 1.165) is 44.9 Å². The van der Waals surface area contributed by atoms with Gasteiger partial charge in [0.1, 0.15) is 5.60 Å². The van der Waals surface area contributed by atoms with Crippen molar-refractivity contribution in [2.24, 2.45) is 10.9 Å². The summed E-state index contributed by atoms with van der Waals surface area (Å²) in [7, 11) is 1.90. The van der Waals surface area contributed by atoms with Gasteiger partial charge in [0, 0.05) is 46.3 Å². The van der Waals surface area contributed by atoms with Gasteiger partial charge >= 0.3 is 6.09 Å². The molecule has 8 heteroatoms. The minimum Gasteiger partial charge on any atom is -0.444 e. The van der Waals surface area contributed by atoms with Crippen molar-refractivity contribution in [2.75, 3.05) is 52.9 Å². The van der Waals surface area contributed by atoms with E-state index in [9.17, 15) is 9.59 Å². The van der Waals surface area contributed by atoms with Crippen LogP contribution in [0, 0.1) is 5.92 Å². The van der Waals surface area contributed by atoms with Crippen LogP contribution < -0.4 is 5.32 Å². The van der Waals surface area contributed by atoms with Crippen molar-refractivity contribution >= 4 is 18.0 Å². The Labute approximate surface area is 183 Å². The molecule has 30 heavy (non-hydrogen) atoms. The quantitative estimate of drug-likeness (QED) is 0.478. The van der Waals surface area contributed by atoms with Crippen LogP contribution in [0.15, 0.2) is 4.99 Å². The van der Waals surface area contributed by atoms with Gasteiger partial charge in [-0.3, -0.25) is 9.79 Å². The predicted molar refractivity (Wildman–Crippen MR) is 122 cm³/mol. The van der Waals surface area contributed by atoms with Gasteiger partial charge in [-0.2, -0.15) is 0 Å². The molecule has 8 nitrogen and oxygen atoms in total. The fourth-order valence-corrected chi connectivity index (χ4v) is 3.57. The number of aliphatic imine (C=N–C) groups is 1. The highest BCUT2D eigenvalue weighted by molar-refractivity contribution is 5.86. The van der Waals surface area contributed by atoms with Crippen LogP contribution >= 0.6 is 0 Å². The van der Waals surface area contributed by atoms with Crippen molar-refractivity contribution in [3.8, 4) is 0 Å². The third-order valence-corrected chi connectivity index (χ3v) is 5.15. The molecule has 0 aliphatic carbocycles. The molecule has 0 spiro atoms. The molecule has 1 aliphatic heterocycles. The van der Waals surface area contributed by atoms with E-state index in [1.807, 2.05) is 63.3 Å². The molecule has 1 fully saturated rings. The maximum Gasteiger partial charge on any atom is 0.410 e. The first-order valence-electron chi connectivity index (χ1n) is 11.4. The SMILES string of the molecule is CCNC(=NCCC1CCCN(C(=O)OC(C)(C)C)C1)N(C)CC(=O)N(CC)CC. The second kappa shape index (κ2) is 12.6. The molecule has 2 amide bonds. The molecule has 0 radical (unpaired) electrons. The van der Waals surface area contributed by atoms with Gasteiger partial charge in [0.05, 0.1) is 6.54 Å². The summed E-state index contributed by atoms with van der Waals surface area (Å²) < 4.78 is 5.51. The topological polar surface area (TPSA) is 77.5 Å². The summed E-state index contributed by atoms with van der Waals surface area (Å²) in [6.07, 6.45) is 2.78. The van der Waals surface area contributed by atoms with Crippen molar-refractivity contribution in [2.45, 2.75) is 66.4 Å². The first kappa shape index (κ1) is 26.0. The van der Waals surface area contributed by atoms with Gasteiger partial charge in [-0.15, -0.1) is 0 Å². The number of ether oxygens (including phenoxy) is 1. The van der Waals surface area contributed by atoms with Gasteiger partial charge in [-0.25, -0.2) is 4.79 Å². The largest absolute Gasteiger partial charge is 0.444 e. The van der Waals surface area contributed by atoms with Gasteiger partial charge in [-0.05, 0) is 66.7 Å². The van der Waals surface area contributed by atoms with E-state index in [4.69, 9.17) is 9.73 Å². The molecular weight excluding hydrogens is 382 g/mol. The van der Waals surface area contributed by atoms with Gasteiger partial charge in [0.25, 0.3) is 0 Å². The summed E-state index contributed by atoms with van der Waals surface area (Å²) >= 11 is 0. The van der Waals surface area contributed by atoms with Gasteiger partial charge in [0.15, 0.2) is 5.96 Å². The zero-order chi connectivity index (χ0) is 22.7. The van der Waals surface area contributed by atoms with Gasteiger partial charge < -0.3 is 24.8 Å². The average molecular weight is 426 g/mol. The second-order valence-corrected chi connectivity index (χ2v) is 8.88. The van der Waals surface area contributed by atoms with E-state index >= 15 is 0 Å². The Balaban J connectivity index is 2.60. The zero-order valence-electron chi connectivity index (χ0n) is 20.2. The van der Waals surface area contributed by atoms with Gasteiger partial charge in [-0.1, -0.05) is 0 Å². The zero-order valence-corrected chi connectivity index (χ0v) is 20.2. The summed E-state index contributed by atoms with van der Waals surface area (Å²) in [6, 6.07) is 0. The summed E-state index contributed by atoms with van der Waals surface area (Å²) in [5.74, 6) is 1.27. The number of guanidine groups is 1. The van der Waals surface area contributed by atoms with E-state index in [1.165, 1.54) is 0 Å². The number of piperidine rings is 1. The van der Waals surface area contributed by atoms with E-state index in [2.05, 4.69) is 5.32 Å². The lowest BCUT2D eigenvalue weighted by molar-refractivity contribution is -0.131. The van der Waals surface area contributed by atoms with Crippen LogP contribution in [0.3, 0.4) is 0 Å². The summed E-state index contributed by atoms with van der Waals surface area (Å²) in [5, 5.41) is 3.27. The van der Waals surface area contributed by atoms with Crippen LogP contribution in [0.4, 0.5) is 4.79 Å². The highest BCUT2D eigenvalue weighted by Gasteiger charge is 2.27. The van der Waals surface area contributed by atoms with Crippen LogP contribution in [0.2, 0.25) is 0 Å². The molecule has 0 aromatic heterocycles. The number of amides is 2. The smallest absolute Gasteiger partial charge is 0.410 e. The fraction of sp³-hybridized carbons (Fsp3) is 0.864. The first-order valence-corrected chi connectivity index (χ1v) is 11.4. The summed E-state index contributed by atoms with van der Waals surface area (Å²) in [6.45, 7) is 16.3. The van der Waals surface area contributed by atoms with E-state index in [0.29, 0.717) is 32.1 Å².